The number of nitrogens with one attached hydrogen (secondary N) is 1. The molecule has 1 N–H and O–H groups in total. The molecular weight excluding hydrogens is 399 g/mol. The van der Waals surface area contributed by atoms with E-state index in [0.717, 1.165) is 17.5 Å². The average Bonchev–Trinajstić information content (AvgIpc) is 2.74. The first-order chi connectivity index (χ1) is 14.5. The zero-order chi connectivity index (χ0) is 21.9. The van der Waals surface area contributed by atoms with Crippen molar-refractivity contribution in [2.75, 3.05) is 12.3 Å². The molecule has 0 radical (unpaired) electrons. The lowest BCUT2D eigenvalue weighted by Gasteiger charge is -2.30. The average molecular weight is 431 g/mol. The zero-order valence-corrected chi connectivity index (χ0v) is 18.8. The van der Waals surface area contributed by atoms with Crippen LogP contribution in [0, 0.1) is 12.7 Å². The molecule has 0 aliphatic heterocycles. The Hall–Kier alpha value is -2.34. The number of aryl methyl sites for hydroxylation is 1. The lowest BCUT2D eigenvalue weighted by Crippen LogP contribution is -2.49. The van der Waals surface area contributed by atoms with Gasteiger partial charge in [0, 0.05) is 18.8 Å². The van der Waals surface area contributed by atoms with Crippen LogP contribution in [0.5, 0.6) is 0 Å². The number of hydrogen-bond acceptors (Lipinski definition) is 3. The van der Waals surface area contributed by atoms with Gasteiger partial charge in [0.05, 0.1) is 5.75 Å². The van der Waals surface area contributed by atoms with E-state index in [-0.39, 0.29) is 23.4 Å². The number of thioether (sulfide) groups is 1. The molecule has 0 saturated heterocycles. The van der Waals surface area contributed by atoms with Gasteiger partial charge in [-0.3, -0.25) is 9.59 Å². The van der Waals surface area contributed by atoms with E-state index in [4.69, 9.17) is 0 Å². The number of rotatable bonds is 11. The summed E-state index contributed by atoms with van der Waals surface area (Å²) in [6.45, 7) is 6.88. The van der Waals surface area contributed by atoms with Crippen LogP contribution in [0.3, 0.4) is 0 Å². The van der Waals surface area contributed by atoms with Crippen LogP contribution in [-0.2, 0) is 21.9 Å². The molecular formula is C24H31FN2O2S. The number of nitrogens with zero attached hydrogens (tertiary/aromatic N) is 1. The Morgan fingerprint density at radius 2 is 1.80 bits per heavy atom. The predicted molar refractivity (Wildman–Crippen MR) is 122 cm³/mol. The van der Waals surface area contributed by atoms with Gasteiger partial charge in [0.15, 0.2) is 0 Å². The minimum absolute atomic E-state index is 0.115. The van der Waals surface area contributed by atoms with Crippen LogP contribution in [0.1, 0.15) is 43.4 Å². The summed E-state index contributed by atoms with van der Waals surface area (Å²) in [4.78, 5) is 27.5. The topological polar surface area (TPSA) is 49.4 Å². The van der Waals surface area contributed by atoms with E-state index in [1.165, 1.54) is 17.8 Å². The molecule has 0 aromatic heterocycles. The van der Waals surface area contributed by atoms with Crippen LogP contribution in [0.4, 0.5) is 4.39 Å². The van der Waals surface area contributed by atoms with Crippen LogP contribution in [0.2, 0.25) is 0 Å². The van der Waals surface area contributed by atoms with Gasteiger partial charge in [-0.1, -0.05) is 61.9 Å². The Morgan fingerprint density at radius 1 is 1.10 bits per heavy atom. The van der Waals surface area contributed by atoms with E-state index in [9.17, 15) is 14.0 Å². The molecule has 0 aliphatic rings. The van der Waals surface area contributed by atoms with Crippen LogP contribution >= 0.6 is 11.8 Å². The summed E-state index contributed by atoms with van der Waals surface area (Å²) in [7, 11) is 0. The SMILES string of the molecule is CCCNC(=O)C(CC)N(Cc1ccc(C)cc1)C(=O)CSCc1ccccc1F. The first kappa shape index (κ1) is 23.9. The molecule has 30 heavy (non-hydrogen) atoms. The number of halogens is 1. The summed E-state index contributed by atoms with van der Waals surface area (Å²) in [5, 5.41) is 2.91. The van der Waals surface area contributed by atoms with Crippen molar-refractivity contribution in [2.24, 2.45) is 0 Å². The molecule has 0 heterocycles. The smallest absolute Gasteiger partial charge is 0.242 e. The summed E-state index contributed by atoms with van der Waals surface area (Å²) in [5.41, 5.74) is 2.70. The van der Waals surface area contributed by atoms with Crippen molar-refractivity contribution in [2.45, 2.75) is 52.0 Å². The molecule has 0 aliphatic carbocycles. The van der Waals surface area contributed by atoms with Gasteiger partial charge in [-0.2, -0.15) is 0 Å². The number of carbonyl (C=O) groups is 2. The number of amides is 2. The van der Waals surface area contributed by atoms with E-state index in [0.29, 0.717) is 30.8 Å². The van der Waals surface area contributed by atoms with Gasteiger partial charge < -0.3 is 10.2 Å². The highest BCUT2D eigenvalue weighted by molar-refractivity contribution is 7.99. The molecule has 1 unspecified atom stereocenters. The molecule has 2 rings (SSSR count). The standard InChI is InChI=1S/C24H31FN2O2S/c1-4-14-26-24(29)22(5-2)27(15-19-12-10-18(3)11-13-19)23(28)17-30-16-20-8-6-7-9-21(20)25/h6-13,22H,4-5,14-17H2,1-3H3,(H,26,29). The molecule has 0 spiro atoms. The molecule has 2 amide bonds. The van der Waals surface area contributed by atoms with Gasteiger partial charge in [0.25, 0.3) is 0 Å². The number of hydrogen-bond donors (Lipinski definition) is 1. The monoisotopic (exact) mass is 430 g/mol. The maximum atomic E-state index is 13.8. The normalized spacial score (nSPS) is 11.7. The summed E-state index contributed by atoms with van der Waals surface area (Å²) in [6.07, 6.45) is 1.37. The quantitative estimate of drug-likeness (QED) is 0.562. The molecule has 0 bridgehead atoms. The zero-order valence-electron chi connectivity index (χ0n) is 18.0. The molecule has 4 nitrogen and oxygen atoms in total. The molecule has 0 fully saturated rings. The predicted octanol–water partition coefficient (Wildman–Crippen LogP) is 4.70. The second-order valence-corrected chi connectivity index (χ2v) is 8.29. The Labute approximate surface area is 183 Å². The summed E-state index contributed by atoms with van der Waals surface area (Å²) in [5.74, 6) is 0.0987. The van der Waals surface area contributed by atoms with Crippen molar-refractivity contribution >= 4 is 23.6 Å². The second-order valence-electron chi connectivity index (χ2n) is 7.31. The van der Waals surface area contributed by atoms with Crippen molar-refractivity contribution in [1.82, 2.24) is 10.2 Å². The third-order valence-electron chi connectivity index (χ3n) is 4.85. The maximum Gasteiger partial charge on any atom is 0.242 e. The largest absolute Gasteiger partial charge is 0.354 e. The summed E-state index contributed by atoms with van der Waals surface area (Å²) in [6, 6.07) is 14.0. The summed E-state index contributed by atoms with van der Waals surface area (Å²) < 4.78 is 13.8. The van der Waals surface area contributed by atoms with Crippen LogP contribution < -0.4 is 5.32 Å². The fraction of sp³-hybridized carbons (Fsp3) is 0.417. The third-order valence-corrected chi connectivity index (χ3v) is 5.82. The number of benzene rings is 2. The van der Waals surface area contributed by atoms with Gasteiger partial charge >= 0.3 is 0 Å². The van der Waals surface area contributed by atoms with Gasteiger partial charge in [0.1, 0.15) is 11.9 Å². The minimum Gasteiger partial charge on any atom is -0.354 e. The van der Waals surface area contributed by atoms with Crippen molar-refractivity contribution in [3.05, 3.63) is 71.0 Å². The Bertz CT molecular complexity index is 826. The van der Waals surface area contributed by atoms with Gasteiger partial charge in [-0.15, -0.1) is 11.8 Å². The first-order valence-corrected chi connectivity index (χ1v) is 11.6. The van der Waals surface area contributed by atoms with E-state index in [1.54, 1.807) is 23.1 Å². The van der Waals surface area contributed by atoms with Crippen LogP contribution in [0.15, 0.2) is 48.5 Å². The molecule has 162 valence electrons. The molecule has 2 aromatic carbocycles. The van der Waals surface area contributed by atoms with Crippen LogP contribution in [0.25, 0.3) is 0 Å². The Morgan fingerprint density at radius 3 is 2.43 bits per heavy atom. The first-order valence-electron chi connectivity index (χ1n) is 10.4. The third kappa shape index (κ3) is 7.17. The van der Waals surface area contributed by atoms with E-state index in [1.807, 2.05) is 45.0 Å². The second kappa shape index (κ2) is 12.4. The highest BCUT2D eigenvalue weighted by Crippen LogP contribution is 2.19. The Kier molecular flexibility index (Phi) is 9.87. The van der Waals surface area contributed by atoms with E-state index in [2.05, 4.69) is 5.32 Å². The maximum absolute atomic E-state index is 13.8. The lowest BCUT2D eigenvalue weighted by molar-refractivity contribution is -0.139. The summed E-state index contributed by atoms with van der Waals surface area (Å²) >= 11 is 1.36. The van der Waals surface area contributed by atoms with Gasteiger partial charge in [-0.05, 0) is 37.0 Å². The highest BCUT2D eigenvalue weighted by Gasteiger charge is 2.28. The van der Waals surface area contributed by atoms with Crippen LogP contribution in [-0.4, -0.2) is 35.1 Å². The lowest BCUT2D eigenvalue weighted by atomic mass is 10.1. The number of carbonyl (C=O) groups excluding carboxylic acids is 2. The van der Waals surface area contributed by atoms with Gasteiger partial charge in [0.2, 0.25) is 11.8 Å². The molecule has 0 saturated carbocycles. The van der Waals surface area contributed by atoms with Crippen molar-refractivity contribution in [3.63, 3.8) is 0 Å². The van der Waals surface area contributed by atoms with Gasteiger partial charge in [-0.25, -0.2) is 4.39 Å². The highest BCUT2D eigenvalue weighted by atomic mass is 32.2. The van der Waals surface area contributed by atoms with E-state index < -0.39 is 6.04 Å². The fourth-order valence-electron chi connectivity index (χ4n) is 3.12. The van der Waals surface area contributed by atoms with Crippen molar-refractivity contribution < 1.29 is 14.0 Å². The Balaban J connectivity index is 2.11. The molecule has 6 heteroatoms. The minimum atomic E-state index is -0.528. The fourth-order valence-corrected chi connectivity index (χ4v) is 4.02. The van der Waals surface area contributed by atoms with Crippen molar-refractivity contribution in [3.8, 4) is 0 Å². The molecule has 2 aromatic rings. The molecule has 1 atom stereocenters. The van der Waals surface area contributed by atoms with Crippen molar-refractivity contribution in [1.29, 1.82) is 0 Å². The van der Waals surface area contributed by atoms with E-state index >= 15 is 0 Å².